The van der Waals surface area contributed by atoms with Crippen molar-refractivity contribution in [3.05, 3.63) is 64.7 Å². The average Bonchev–Trinajstić information content (AvgIpc) is 2.81. The van der Waals surface area contributed by atoms with Crippen LogP contribution in [-0.2, 0) is 14.3 Å². The number of ether oxygens (including phenoxy) is 1. The molecule has 0 fully saturated rings. The minimum atomic E-state index is -1.31. The van der Waals surface area contributed by atoms with Gasteiger partial charge in [0, 0.05) is 17.8 Å². The van der Waals surface area contributed by atoms with Crippen LogP contribution in [0.4, 0.5) is 10.5 Å². The van der Waals surface area contributed by atoms with Crippen LogP contribution in [0, 0.1) is 26.2 Å². The zero-order valence-electron chi connectivity index (χ0n) is 21.7. The molecule has 3 N–H and O–H groups in total. The van der Waals surface area contributed by atoms with Crippen LogP contribution < -0.4 is 10.6 Å². The predicted octanol–water partition coefficient (Wildman–Crippen LogP) is 3.70. The molecule has 8 nitrogen and oxygen atoms in total. The highest BCUT2D eigenvalue weighted by atomic mass is 16.6. The van der Waals surface area contributed by atoms with E-state index in [0.717, 1.165) is 11.1 Å². The van der Waals surface area contributed by atoms with Crippen molar-refractivity contribution in [1.29, 1.82) is 0 Å². The number of nitrogens with zero attached hydrogens (tertiary/aromatic N) is 1. The molecule has 36 heavy (non-hydrogen) atoms. The molecule has 2 aromatic carbocycles. The summed E-state index contributed by atoms with van der Waals surface area (Å²) >= 11 is 0. The van der Waals surface area contributed by atoms with Gasteiger partial charge in [0.15, 0.2) is 0 Å². The number of carbonyl (C=O) groups is 3. The van der Waals surface area contributed by atoms with E-state index in [0.29, 0.717) is 16.8 Å². The van der Waals surface area contributed by atoms with Crippen molar-refractivity contribution >= 4 is 23.6 Å². The first kappa shape index (κ1) is 28.4. The van der Waals surface area contributed by atoms with Crippen LogP contribution >= 0.6 is 0 Å². The Balaban J connectivity index is 2.45. The minimum absolute atomic E-state index is 0.132. The second-order valence-corrected chi connectivity index (χ2v) is 9.43. The second-order valence-electron chi connectivity index (χ2n) is 9.43. The maximum absolute atomic E-state index is 13.7. The summed E-state index contributed by atoms with van der Waals surface area (Å²) in [4.78, 5) is 40.8. The number of nitrogens with one attached hydrogen (secondary N) is 2. The molecule has 0 radical (unpaired) electrons. The summed E-state index contributed by atoms with van der Waals surface area (Å²) in [5, 5.41) is 15.3. The Bertz CT molecular complexity index is 1110. The van der Waals surface area contributed by atoms with E-state index < -0.39 is 42.2 Å². The van der Waals surface area contributed by atoms with E-state index in [2.05, 4.69) is 16.6 Å². The number of rotatable bonds is 8. The smallest absolute Gasteiger partial charge is 0.408 e. The number of aliphatic hydroxyl groups is 1. The number of aliphatic hydroxyl groups excluding tert-OH is 1. The molecule has 0 spiro atoms. The summed E-state index contributed by atoms with van der Waals surface area (Å²) in [6.07, 6.45) is 4.63. The van der Waals surface area contributed by atoms with Gasteiger partial charge in [-0.25, -0.2) is 4.79 Å². The summed E-state index contributed by atoms with van der Waals surface area (Å²) in [6.45, 7) is 10.0. The lowest BCUT2D eigenvalue weighted by atomic mass is 10.0. The molecule has 8 heteroatoms. The fourth-order valence-corrected chi connectivity index (χ4v) is 3.74. The molecule has 0 bridgehead atoms. The third-order valence-corrected chi connectivity index (χ3v) is 5.48. The fourth-order valence-electron chi connectivity index (χ4n) is 3.74. The first-order valence-corrected chi connectivity index (χ1v) is 11.8. The Kier molecular flexibility index (Phi) is 9.65. The van der Waals surface area contributed by atoms with Crippen LogP contribution in [0.5, 0.6) is 0 Å². The van der Waals surface area contributed by atoms with E-state index in [9.17, 15) is 19.5 Å². The number of hydrogen-bond acceptors (Lipinski definition) is 5. The largest absolute Gasteiger partial charge is 0.444 e. The molecule has 2 aromatic rings. The van der Waals surface area contributed by atoms with Crippen LogP contribution in [0.15, 0.2) is 42.5 Å². The molecule has 0 aliphatic heterocycles. The molecule has 2 unspecified atom stereocenters. The van der Waals surface area contributed by atoms with Gasteiger partial charge in [-0.2, -0.15) is 0 Å². The number of terminal acetylenes is 1. The summed E-state index contributed by atoms with van der Waals surface area (Å²) < 4.78 is 5.23. The molecule has 0 saturated carbocycles. The Morgan fingerprint density at radius 1 is 1.08 bits per heavy atom. The van der Waals surface area contributed by atoms with Gasteiger partial charge in [0.25, 0.3) is 5.91 Å². The predicted molar refractivity (Wildman–Crippen MR) is 139 cm³/mol. The molecule has 3 amide bonds. The van der Waals surface area contributed by atoms with Crippen molar-refractivity contribution < 1.29 is 24.2 Å². The van der Waals surface area contributed by atoms with Gasteiger partial charge in [-0.3, -0.25) is 9.59 Å². The zero-order valence-corrected chi connectivity index (χ0v) is 21.7. The Morgan fingerprint density at radius 3 is 2.14 bits per heavy atom. The molecule has 2 rings (SSSR count). The highest BCUT2D eigenvalue weighted by Gasteiger charge is 2.35. The van der Waals surface area contributed by atoms with Gasteiger partial charge in [0.1, 0.15) is 17.7 Å². The van der Waals surface area contributed by atoms with E-state index in [4.69, 9.17) is 11.2 Å². The van der Waals surface area contributed by atoms with E-state index >= 15 is 0 Å². The van der Waals surface area contributed by atoms with Crippen molar-refractivity contribution in [2.24, 2.45) is 0 Å². The maximum atomic E-state index is 13.7. The molecule has 0 aliphatic rings. The molecular formula is C28H35N3O5. The van der Waals surface area contributed by atoms with Gasteiger partial charge in [0.2, 0.25) is 5.91 Å². The molecule has 0 aliphatic carbocycles. The minimum Gasteiger partial charge on any atom is -0.444 e. The topological polar surface area (TPSA) is 108 Å². The van der Waals surface area contributed by atoms with E-state index in [-0.39, 0.29) is 6.54 Å². The Labute approximate surface area is 213 Å². The highest BCUT2D eigenvalue weighted by molar-refractivity contribution is 5.99. The number of anilines is 1. The number of para-hydroxylation sites is 1. The van der Waals surface area contributed by atoms with Gasteiger partial charge in [-0.1, -0.05) is 36.3 Å². The maximum Gasteiger partial charge on any atom is 0.408 e. The number of hydrogen-bond donors (Lipinski definition) is 3. The van der Waals surface area contributed by atoms with Crippen molar-refractivity contribution in [3.8, 4) is 12.3 Å². The third kappa shape index (κ3) is 7.33. The van der Waals surface area contributed by atoms with E-state index in [1.807, 2.05) is 32.0 Å². The second kappa shape index (κ2) is 12.2. The van der Waals surface area contributed by atoms with Crippen LogP contribution in [0.3, 0.4) is 0 Å². The third-order valence-electron chi connectivity index (χ3n) is 5.48. The van der Waals surface area contributed by atoms with Gasteiger partial charge in [-0.15, -0.1) is 6.42 Å². The summed E-state index contributed by atoms with van der Waals surface area (Å²) in [7, 11) is 0. The summed E-state index contributed by atoms with van der Waals surface area (Å²) in [5.41, 5.74) is 2.77. The van der Waals surface area contributed by atoms with Gasteiger partial charge >= 0.3 is 6.09 Å². The van der Waals surface area contributed by atoms with Gasteiger partial charge in [0.05, 0.1) is 6.61 Å². The number of amides is 3. The summed E-state index contributed by atoms with van der Waals surface area (Å²) in [6, 6.07) is 10.1. The lowest BCUT2D eigenvalue weighted by Gasteiger charge is -2.33. The van der Waals surface area contributed by atoms with Crippen LogP contribution in [0.2, 0.25) is 0 Å². The number of alkyl carbamates (subject to hydrolysis) is 1. The number of likely N-dealkylation sites (N-methyl/N-ethyl adjacent to an activating group) is 1. The SMILES string of the molecule is C#Cc1ccc(C(C(=O)Nc2c(C)cccc2C)N(CC)C(=O)C(CO)NC(=O)OC(C)(C)C)cc1. The van der Waals surface area contributed by atoms with Crippen LogP contribution in [-0.4, -0.2) is 52.7 Å². The van der Waals surface area contributed by atoms with Crippen molar-refractivity contribution in [2.45, 2.75) is 59.2 Å². The lowest BCUT2D eigenvalue weighted by Crippen LogP contribution is -2.53. The molecule has 0 saturated heterocycles. The molecular weight excluding hydrogens is 458 g/mol. The van der Waals surface area contributed by atoms with E-state index in [1.54, 1.807) is 52.0 Å². The lowest BCUT2D eigenvalue weighted by molar-refractivity contribution is -0.141. The number of benzene rings is 2. The average molecular weight is 494 g/mol. The highest BCUT2D eigenvalue weighted by Crippen LogP contribution is 2.27. The standard InChI is InChI=1S/C28H35N3O5/c1-8-20-13-15-21(16-14-20)24(25(33)30-23-18(3)11-10-12-19(23)4)31(9-2)26(34)22(17-32)29-27(35)36-28(5,6)7/h1,10-16,22,24,32H,9,17H2,2-7H3,(H,29,35)(H,30,33). The Hall–Kier alpha value is -3.83. The monoisotopic (exact) mass is 493 g/mol. The van der Waals surface area contributed by atoms with Gasteiger partial charge in [-0.05, 0) is 70.4 Å². The quantitative estimate of drug-likeness (QED) is 0.486. The molecule has 192 valence electrons. The van der Waals surface area contributed by atoms with Crippen LogP contribution in [0.1, 0.15) is 56.0 Å². The number of carbonyl (C=O) groups excluding carboxylic acids is 3. The Morgan fingerprint density at radius 2 is 1.67 bits per heavy atom. The first-order valence-electron chi connectivity index (χ1n) is 11.8. The summed E-state index contributed by atoms with van der Waals surface area (Å²) in [5.74, 6) is 1.46. The van der Waals surface area contributed by atoms with E-state index in [1.165, 1.54) is 4.90 Å². The molecule has 0 aromatic heterocycles. The molecule has 0 heterocycles. The van der Waals surface area contributed by atoms with Crippen molar-refractivity contribution in [3.63, 3.8) is 0 Å². The normalized spacial score (nSPS) is 12.6. The van der Waals surface area contributed by atoms with Gasteiger partial charge < -0.3 is 25.4 Å². The fraction of sp³-hybridized carbons (Fsp3) is 0.393. The first-order chi connectivity index (χ1) is 16.9. The molecule has 2 atom stereocenters. The van der Waals surface area contributed by atoms with Crippen molar-refractivity contribution in [2.75, 3.05) is 18.5 Å². The zero-order chi connectivity index (χ0) is 27.0. The van der Waals surface area contributed by atoms with Crippen molar-refractivity contribution in [1.82, 2.24) is 10.2 Å². The number of aryl methyl sites for hydroxylation is 2. The van der Waals surface area contributed by atoms with Crippen LogP contribution in [0.25, 0.3) is 0 Å².